The second kappa shape index (κ2) is 16.0. The van der Waals surface area contributed by atoms with E-state index in [0.29, 0.717) is 23.7 Å². The van der Waals surface area contributed by atoms with Gasteiger partial charge in [-0.2, -0.15) is 0 Å². The van der Waals surface area contributed by atoms with Gasteiger partial charge in [0.15, 0.2) is 0 Å². The first-order chi connectivity index (χ1) is 28.9. The van der Waals surface area contributed by atoms with E-state index < -0.39 is 25.7 Å². The molecule has 0 N–H and O–H groups in total. The van der Waals surface area contributed by atoms with Gasteiger partial charge in [-0.05, 0) is 0 Å². The number of hydrogen-bond acceptors (Lipinski definition) is 0. The molecular formula is C56H59Cl2HfSi. The van der Waals surface area contributed by atoms with E-state index in [2.05, 4.69) is 195 Å². The summed E-state index contributed by atoms with van der Waals surface area (Å²) in [7, 11) is 18.1. The van der Waals surface area contributed by atoms with E-state index in [0.717, 1.165) is 12.8 Å². The molecule has 4 heteroatoms. The van der Waals surface area contributed by atoms with Crippen molar-refractivity contribution in [3.8, 4) is 33.4 Å². The quantitative estimate of drug-likeness (QED) is 0.113. The Morgan fingerprint density at radius 1 is 0.483 bits per heavy atom. The molecule has 1 heterocycles. The Hall–Kier alpha value is -3.53. The molecule has 0 radical (unpaired) electrons. The Balaban J connectivity index is 1.40. The summed E-state index contributed by atoms with van der Waals surface area (Å²) in [6.45, 7) is 18.8. The van der Waals surface area contributed by atoms with E-state index in [1.54, 1.807) is 0 Å². The molecule has 9 rings (SSSR count). The van der Waals surface area contributed by atoms with Gasteiger partial charge in [0.25, 0.3) is 0 Å². The summed E-state index contributed by atoms with van der Waals surface area (Å²) in [6.07, 6.45) is 7.17. The molecule has 2 aliphatic carbocycles. The van der Waals surface area contributed by atoms with Crippen molar-refractivity contribution in [2.75, 3.05) is 0 Å². The van der Waals surface area contributed by atoms with E-state index >= 15 is 0 Å². The fourth-order valence-electron chi connectivity index (χ4n) is 11.4. The van der Waals surface area contributed by atoms with E-state index in [1.165, 1.54) is 91.6 Å². The summed E-state index contributed by atoms with van der Waals surface area (Å²) in [5.74, 6) is 1.39. The third-order valence-electron chi connectivity index (χ3n) is 14.7. The number of rotatable bonds is 11. The molecule has 0 amide bonds. The maximum atomic E-state index is 9.49. The van der Waals surface area contributed by atoms with Crippen LogP contribution in [0.3, 0.4) is 0 Å². The van der Waals surface area contributed by atoms with Gasteiger partial charge in [-0.1, -0.05) is 0 Å². The van der Waals surface area contributed by atoms with Crippen molar-refractivity contribution >= 4 is 52.5 Å². The number of benzene rings is 6. The first-order valence-electron chi connectivity index (χ1n) is 22.5. The van der Waals surface area contributed by atoms with Crippen molar-refractivity contribution < 1.29 is 16.1 Å². The van der Waals surface area contributed by atoms with E-state index in [1.807, 2.05) is 0 Å². The fourth-order valence-corrected chi connectivity index (χ4v) is 50.5. The van der Waals surface area contributed by atoms with Crippen LogP contribution in [0.1, 0.15) is 121 Å². The average Bonchev–Trinajstić information content (AvgIpc) is 3.98. The number of allylic oxidation sites excluding steroid dienone is 2. The van der Waals surface area contributed by atoms with E-state index in [4.69, 9.17) is 0 Å². The van der Waals surface area contributed by atoms with Gasteiger partial charge in [0, 0.05) is 0 Å². The van der Waals surface area contributed by atoms with Crippen LogP contribution in [0.15, 0.2) is 139 Å². The third kappa shape index (κ3) is 6.44. The summed E-state index contributed by atoms with van der Waals surface area (Å²) in [5, 5.41) is 2.98. The standard InChI is InChI=1S/2C22H25.C12H9Si.2ClH.Hf/c2*1-5-16(4)18-13-17-9-8-12-21(22(17)14-18)20-11-7-6-10-19(20)15(2)3;1-3-7-11-9(5-1)10-6-2-4-8-12(10)13-11;;;/h2*6-16H,5H2,1-4H3;1-7H,13H2;2*1H;/q;;;;;+2/p-2. The predicted octanol–water partition coefficient (Wildman–Crippen LogP) is 14.4. The Morgan fingerprint density at radius 3 is 1.38 bits per heavy atom. The topological polar surface area (TPSA) is 0 Å². The average molecular weight is 1010 g/mol. The SMILES string of the molecule is CCC(C)C1=Cc2c(-c3ccccc3C(C)C)cccc2[CH]1[Hf]([Cl])([Cl])([c]1cccc2c1[SiH2]c1ccccc1-2)[CH]1C(C(C)CC)=Cc2c(-c3ccccc3C(C)C)cccc21. The Morgan fingerprint density at radius 2 is 0.900 bits per heavy atom. The minimum atomic E-state index is -5.89. The van der Waals surface area contributed by atoms with Crippen LogP contribution < -0.4 is 13.7 Å². The van der Waals surface area contributed by atoms with Gasteiger partial charge in [0.05, 0.1) is 0 Å². The molecule has 4 unspecified atom stereocenters. The van der Waals surface area contributed by atoms with Crippen molar-refractivity contribution in [2.45, 2.75) is 87.4 Å². The first-order valence-corrected chi connectivity index (χ1v) is 38.8. The van der Waals surface area contributed by atoms with Gasteiger partial charge in [-0.3, -0.25) is 0 Å². The van der Waals surface area contributed by atoms with Crippen LogP contribution in [0.5, 0.6) is 0 Å². The summed E-state index contributed by atoms with van der Waals surface area (Å²) in [4.78, 5) is 0. The van der Waals surface area contributed by atoms with Gasteiger partial charge < -0.3 is 0 Å². The van der Waals surface area contributed by atoms with Crippen molar-refractivity contribution in [3.63, 3.8) is 0 Å². The molecule has 3 aliphatic rings. The summed E-state index contributed by atoms with van der Waals surface area (Å²) >= 11 is -5.89. The van der Waals surface area contributed by atoms with Gasteiger partial charge in [0.2, 0.25) is 0 Å². The second-order valence-corrected chi connectivity index (χ2v) is 49.8. The molecule has 60 heavy (non-hydrogen) atoms. The van der Waals surface area contributed by atoms with Crippen LogP contribution in [0, 0.1) is 11.8 Å². The summed E-state index contributed by atoms with van der Waals surface area (Å²) in [6, 6.07) is 48.3. The second-order valence-electron chi connectivity index (χ2n) is 18.7. The number of hydrogen-bond donors (Lipinski definition) is 0. The molecule has 305 valence electrons. The third-order valence-corrected chi connectivity index (χ3v) is 46.2. The summed E-state index contributed by atoms with van der Waals surface area (Å²) in [5.41, 5.74) is 18.8. The molecule has 0 saturated carbocycles. The van der Waals surface area contributed by atoms with E-state index in [-0.39, 0.29) is 7.35 Å². The molecular weight excluding hydrogens is 950 g/mol. The Labute approximate surface area is 370 Å². The van der Waals surface area contributed by atoms with Gasteiger partial charge >= 0.3 is 373 Å². The molecule has 0 spiro atoms. The van der Waals surface area contributed by atoms with Crippen LogP contribution in [0.4, 0.5) is 0 Å². The number of halogens is 2. The van der Waals surface area contributed by atoms with Crippen LogP contribution in [0.25, 0.3) is 45.5 Å². The van der Waals surface area contributed by atoms with Gasteiger partial charge in [-0.15, -0.1) is 0 Å². The molecule has 0 aromatic heterocycles. The van der Waals surface area contributed by atoms with Crippen LogP contribution in [0.2, 0.25) is 0 Å². The Kier molecular flexibility index (Phi) is 11.1. The predicted molar refractivity (Wildman–Crippen MR) is 263 cm³/mol. The van der Waals surface area contributed by atoms with Crippen LogP contribution in [-0.4, -0.2) is 9.52 Å². The molecule has 1 aliphatic heterocycles. The minimum absolute atomic E-state index is 0.0966. The first kappa shape index (κ1) is 41.8. The molecule has 6 aromatic rings. The molecule has 0 fully saturated rings. The molecule has 0 saturated heterocycles. The zero-order chi connectivity index (χ0) is 42.1. The molecule has 4 atom stereocenters. The van der Waals surface area contributed by atoms with Gasteiger partial charge in [-0.25, -0.2) is 0 Å². The zero-order valence-electron chi connectivity index (χ0n) is 36.6. The fraction of sp³-hybridized carbons (Fsp3) is 0.286. The van der Waals surface area contributed by atoms with E-state index in [9.17, 15) is 17.2 Å². The molecule has 0 nitrogen and oxygen atoms in total. The summed E-state index contributed by atoms with van der Waals surface area (Å²) < 4.78 is 1.12. The maximum absolute atomic E-state index is 9.49. The molecule has 0 bridgehead atoms. The van der Waals surface area contributed by atoms with Crippen molar-refractivity contribution in [2.24, 2.45) is 11.8 Å². The Bertz CT molecular complexity index is 2580. The molecule has 6 aromatic carbocycles. The van der Waals surface area contributed by atoms with Crippen molar-refractivity contribution in [3.05, 3.63) is 172 Å². The van der Waals surface area contributed by atoms with Gasteiger partial charge in [0.1, 0.15) is 0 Å². The number of fused-ring (bicyclic) bond motifs is 5. The van der Waals surface area contributed by atoms with Crippen LogP contribution in [-0.2, 0) is 16.1 Å². The van der Waals surface area contributed by atoms with Crippen LogP contribution >= 0.6 is 17.2 Å². The zero-order valence-corrected chi connectivity index (χ0v) is 43.1. The van der Waals surface area contributed by atoms with Crippen molar-refractivity contribution in [1.29, 1.82) is 0 Å². The monoisotopic (exact) mass is 1010 g/mol. The van der Waals surface area contributed by atoms with Crippen molar-refractivity contribution in [1.82, 2.24) is 0 Å². The normalized spacial score (nSPS) is 18.7.